The second kappa shape index (κ2) is 5.49. The van der Waals surface area contributed by atoms with E-state index in [-0.39, 0.29) is 11.8 Å². The number of amides is 1. The largest absolute Gasteiger partial charge is 0.481 e. The number of piperidine rings is 1. The van der Waals surface area contributed by atoms with Crippen LogP contribution >= 0.6 is 0 Å². The Kier molecular flexibility index (Phi) is 4.51. The fourth-order valence-corrected chi connectivity index (χ4v) is 2.25. The maximum absolute atomic E-state index is 11.7. The Morgan fingerprint density at radius 3 is 2.65 bits per heavy atom. The van der Waals surface area contributed by atoms with Gasteiger partial charge in [0.15, 0.2) is 0 Å². The molecule has 5 nitrogen and oxygen atoms in total. The Hall–Kier alpha value is -1.10. The van der Waals surface area contributed by atoms with E-state index in [1.807, 2.05) is 0 Å². The summed E-state index contributed by atoms with van der Waals surface area (Å²) in [5, 5.41) is 9.20. The highest BCUT2D eigenvalue weighted by Crippen LogP contribution is 2.34. The third-order valence-electron chi connectivity index (χ3n) is 3.70. The second-order valence-electron chi connectivity index (χ2n) is 5.24. The molecular weight excluding hydrogens is 220 g/mol. The van der Waals surface area contributed by atoms with Crippen LogP contribution in [-0.2, 0) is 9.59 Å². The minimum atomic E-state index is -0.796. The molecule has 0 radical (unpaired) electrons. The zero-order chi connectivity index (χ0) is 13.1. The van der Waals surface area contributed by atoms with Gasteiger partial charge in [-0.25, -0.2) is 0 Å². The van der Waals surface area contributed by atoms with Gasteiger partial charge in [0.2, 0.25) is 5.91 Å². The zero-order valence-electron chi connectivity index (χ0n) is 10.6. The highest BCUT2D eigenvalue weighted by molar-refractivity contribution is 5.77. The van der Waals surface area contributed by atoms with Gasteiger partial charge < -0.3 is 15.7 Å². The first-order valence-corrected chi connectivity index (χ1v) is 6.10. The summed E-state index contributed by atoms with van der Waals surface area (Å²) >= 11 is 0. The van der Waals surface area contributed by atoms with E-state index in [0.29, 0.717) is 19.5 Å². The van der Waals surface area contributed by atoms with E-state index in [0.717, 1.165) is 19.4 Å². The van der Waals surface area contributed by atoms with Crippen molar-refractivity contribution in [2.24, 2.45) is 17.1 Å². The normalized spacial score (nSPS) is 21.4. The van der Waals surface area contributed by atoms with Crippen molar-refractivity contribution < 1.29 is 14.7 Å². The van der Waals surface area contributed by atoms with Crippen LogP contribution in [0.2, 0.25) is 0 Å². The minimum Gasteiger partial charge on any atom is -0.481 e. The lowest BCUT2D eigenvalue weighted by Crippen LogP contribution is -2.47. The van der Waals surface area contributed by atoms with Crippen molar-refractivity contribution in [1.82, 2.24) is 4.90 Å². The number of hydrogen-bond donors (Lipinski definition) is 2. The van der Waals surface area contributed by atoms with Crippen molar-refractivity contribution in [2.45, 2.75) is 33.1 Å². The quantitative estimate of drug-likeness (QED) is 0.759. The first-order chi connectivity index (χ1) is 7.89. The molecule has 0 aromatic rings. The molecule has 0 aromatic heterocycles. The van der Waals surface area contributed by atoms with Crippen LogP contribution in [-0.4, -0.2) is 41.5 Å². The Morgan fingerprint density at radius 1 is 1.47 bits per heavy atom. The molecule has 1 heterocycles. The van der Waals surface area contributed by atoms with Gasteiger partial charge in [-0.05, 0) is 32.6 Å². The molecule has 1 amide bonds. The average Bonchev–Trinajstić information content (AvgIpc) is 2.29. The first-order valence-electron chi connectivity index (χ1n) is 6.10. The highest BCUT2D eigenvalue weighted by atomic mass is 16.4. The number of nitrogens with zero attached hydrogens (tertiary/aromatic N) is 1. The van der Waals surface area contributed by atoms with E-state index < -0.39 is 11.4 Å². The topological polar surface area (TPSA) is 83.6 Å². The molecule has 1 fully saturated rings. The third kappa shape index (κ3) is 3.19. The Labute approximate surface area is 102 Å². The van der Waals surface area contributed by atoms with Crippen LogP contribution in [0.15, 0.2) is 0 Å². The summed E-state index contributed by atoms with van der Waals surface area (Å²) in [6.45, 7) is 5.08. The summed E-state index contributed by atoms with van der Waals surface area (Å²) in [4.78, 5) is 24.7. The lowest BCUT2D eigenvalue weighted by atomic mass is 9.74. The monoisotopic (exact) mass is 242 g/mol. The van der Waals surface area contributed by atoms with Gasteiger partial charge in [-0.15, -0.1) is 0 Å². The van der Waals surface area contributed by atoms with Gasteiger partial charge in [0, 0.05) is 26.1 Å². The molecule has 1 saturated heterocycles. The van der Waals surface area contributed by atoms with Crippen LogP contribution in [0.1, 0.15) is 33.1 Å². The summed E-state index contributed by atoms with van der Waals surface area (Å²) in [7, 11) is 0. The number of carboxylic acids is 1. The molecule has 0 spiro atoms. The van der Waals surface area contributed by atoms with E-state index in [4.69, 9.17) is 5.73 Å². The zero-order valence-corrected chi connectivity index (χ0v) is 10.6. The number of carboxylic acid groups (broad SMARTS) is 1. The van der Waals surface area contributed by atoms with Gasteiger partial charge in [-0.1, -0.05) is 0 Å². The molecule has 98 valence electrons. The van der Waals surface area contributed by atoms with Crippen LogP contribution < -0.4 is 5.73 Å². The highest BCUT2D eigenvalue weighted by Gasteiger charge is 2.39. The fourth-order valence-electron chi connectivity index (χ4n) is 2.25. The van der Waals surface area contributed by atoms with E-state index in [2.05, 4.69) is 0 Å². The number of rotatable bonds is 4. The van der Waals surface area contributed by atoms with Crippen LogP contribution in [0.3, 0.4) is 0 Å². The summed E-state index contributed by atoms with van der Waals surface area (Å²) < 4.78 is 0. The van der Waals surface area contributed by atoms with Crippen LogP contribution in [0.25, 0.3) is 0 Å². The Balaban J connectivity index is 2.66. The number of aliphatic carboxylic acids is 1. The molecule has 0 bridgehead atoms. The summed E-state index contributed by atoms with van der Waals surface area (Å²) in [6, 6.07) is 0. The third-order valence-corrected chi connectivity index (χ3v) is 3.70. The Morgan fingerprint density at radius 2 is 2.12 bits per heavy atom. The van der Waals surface area contributed by atoms with Gasteiger partial charge in [-0.3, -0.25) is 9.59 Å². The molecule has 1 aliphatic rings. The number of hydrogen-bond acceptors (Lipinski definition) is 3. The molecule has 0 aliphatic carbocycles. The Bertz CT molecular complexity index is 302. The average molecular weight is 242 g/mol. The smallest absolute Gasteiger partial charge is 0.309 e. The molecule has 17 heavy (non-hydrogen) atoms. The van der Waals surface area contributed by atoms with Gasteiger partial charge in [0.25, 0.3) is 0 Å². The maximum Gasteiger partial charge on any atom is 0.309 e. The maximum atomic E-state index is 11.7. The van der Waals surface area contributed by atoms with E-state index >= 15 is 0 Å². The molecule has 3 N–H and O–H groups in total. The molecule has 5 heteroatoms. The number of nitrogens with two attached hydrogens (primary N) is 1. The molecule has 0 aromatic carbocycles. The summed E-state index contributed by atoms with van der Waals surface area (Å²) in [5.41, 5.74) is 4.59. The minimum absolute atomic E-state index is 0.0236. The van der Waals surface area contributed by atoms with Gasteiger partial charge in [0.05, 0.1) is 5.41 Å². The number of carbonyl (C=O) groups excluding carboxylic acids is 1. The van der Waals surface area contributed by atoms with Crippen LogP contribution in [0.4, 0.5) is 0 Å². The van der Waals surface area contributed by atoms with Crippen LogP contribution in [0, 0.1) is 11.3 Å². The molecule has 1 atom stereocenters. The number of likely N-dealkylation sites (tertiary alicyclic amines) is 1. The van der Waals surface area contributed by atoms with E-state index in [1.165, 1.54) is 0 Å². The molecular formula is C12H22N2O3. The summed E-state index contributed by atoms with van der Waals surface area (Å²) in [5.74, 6) is -0.732. The lowest BCUT2D eigenvalue weighted by molar-refractivity contribution is -0.153. The predicted octanol–water partition coefficient (Wildman–Crippen LogP) is 0.685. The van der Waals surface area contributed by atoms with Crippen molar-refractivity contribution in [3.05, 3.63) is 0 Å². The first kappa shape index (κ1) is 14.0. The lowest BCUT2D eigenvalue weighted by Gasteiger charge is -2.39. The standard InChI is InChI=1S/C12H22N2O3/c1-12(2,11(16)17)9-4-3-7-14(8-9)10(15)5-6-13/h9H,3-8,13H2,1-2H3,(H,16,17). The second-order valence-corrected chi connectivity index (χ2v) is 5.24. The SMILES string of the molecule is CC(C)(C(=O)O)C1CCCN(C(=O)CCN)C1. The number of carbonyl (C=O) groups is 2. The van der Waals surface area contributed by atoms with E-state index in [1.54, 1.807) is 18.7 Å². The van der Waals surface area contributed by atoms with Crippen molar-refractivity contribution in [3.63, 3.8) is 0 Å². The predicted molar refractivity (Wildman–Crippen MR) is 64.4 cm³/mol. The van der Waals surface area contributed by atoms with E-state index in [9.17, 15) is 14.7 Å². The fraction of sp³-hybridized carbons (Fsp3) is 0.833. The van der Waals surface area contributed by atoms with Crippen molar-refractivity contribution in [2.75, 3.05) is 19.6 Å². The van der Waals surface area contributed by atoms with Gasteiger partial charge in [0.1, 0.15) is 0 Å². The van der Waals surface area contributed by atoms with Crippen molar-refractivity contribution >= 4 is 11.9 Å². The molecule has 1 unspecified atom stereocenters. The van der Waals surface area contributed by atoms with Crippen molar-refractivity contribution in [3.8, 4) is 0 Å². The van der Waals surface area contributed by atoms with Gasteiger partial charge >= 0.3 is 5.97 Å². The summed E-state index contributed by atoms with van der Waals surface area (Å²) in [6.07, 6.45) is 2.09. The van der Waals surface area contributed by atoms with Gasteiger partial charge in [-0.2, -0.15) is 0 Å². The van der Waals surface area contributed by atoms with Crippen LogP contribution in [0.5, 0.6) is 0 Å². The van der Waals surface area contributed by atoms with Crippen molar-refractivity contribution in [1.29, 1.82) is 0 Å². The molecule has 0 saturated carbocycles. The molecule has 1 aliphatic heterocycles. The molecule has 1 rings (SSSR count).